The molecule has 5 heteroatoms. The van der Waals surface area contributed by atoms with Crippen LogP contribution in [0.4, 0.5) is 4.39 Å². The SMILES string of the molecule is Fc1cnc2oc(-c3ccccn3)nc2c1. The van der Waals surface area contributed by atoms with Crippen LogP contribution in [0.1, 0.15) is 0 Å². The molecule has 0 atom stereocenters. The summed E-state index contributed by atoms with van der Waals surface area (Å²) < 4.78 is 18.2. The quantitative estimate of drug-likeness (QED) is 0.625. The van der Waals surface area contributed by atoms with E-state index in [1.807, 2.05) is 6.07 Å². The molecule has 3 rings (SSSR count). The van der Waals surface area contributed by atoms with Gasteiger partial charge < -0.3 is 4.42 Å². The van der Waals surface area contributed by atoms with Crippen molar-refractivity contribution in [3.05, 3.63) is 42.5 Å². The van der Waals surface area contributed by atoms with Crippen molar-refractivity contribution in [2.24, 2.45) is 0 Å². The molecule has 3 aromatic heterocycles. The molecule has 3 heterocycles. The summed E-state index contributed by atoms with van der Waals surface area (Å²) in [6.07, 6.45) is 2.73. The number of halogens is 1. The van der Waals surface area contributed by atoms with Crippen LogP contribution in [-0.4, -0.2) is 15.0 Å². The number of oxazole rings is 1. The van der Waals surface area contributed by atoms with E-state index in [2.05, 4.69) is 15.0 Å². The summed E-state index contributed by atoms with van der Waals surface area (Å²) in [5, 5.41) is 0. The minimum atomic E-state index is -0.437. The van der Waals surface area contributed by atoms with Crippen molar-refractivity contribution in [2.45, 2.75) is 0 Å². The zero-order valence-electron chi connectivity index (χ0n) is 8.09. The average molecular weight is 215 g/mol. The van der Waals surface area contributed by atoms with Crippen molar-refractivity contribution < 1.29 is 8.81 Å². The lowest BCUT2D eigenvalue weighted by molar-refractivity contribution is 0.595. The van der Waals surface area contributed by atoms with Gasteiger partial charge in [0.15, 0.2) is 0 Å². The van der Waals surface area contributed by atoms with Crippen LogP contribution in [0.15, 0.2) is 41.1 Å². The Bertz CT molecular complexity index is 636. The smallest absolute Gasteiger partial charge is 0.248 e. The summed E-state index contributed by atoms with van der Waals surface area (Å²) in [6.45, 7) is 0. The van der Waals surface area contributed by atoms with Crippen molar-refractivity contribution in [3.8, 4) is 11.6 Å². The second-order valence-corrected chi connectivity index (χ2v) is 3.21. The zero-order valence-corrected chi connectivity index (χ0v) is 8.09. The van der Waals surface area contributed by atoms with Gasteiger partial charge in [0.2, 0.25) is 11.6 Å². The van der Waals surface area contributed by atoms with E-state index in [4.69, 9.17) is 4.42 Å². The number of aromatic nitrogens is 3. The number of rotatable bonds is 1. The summed E-state index contributed by atoms with van der Waals surface area (Å²) in [6, 6.07) is 6.66. The molecule has 0 amide bonds. The first-order chi connectivity index (χ1) is 7.83. The standard InChI is InChI=1S/C11H6FN3O/c12-7-5-9-10(14-6-7)16-11(15-9)8-3-1-2-4-13-8/h1-6H. The van der Waals surface area contributed by atoms with Gasteiger partial charge in [0, 0.05) is 12.3 Å². The molecular formula is C11H6FN3O. The Morgan fingerprint density at radius 3 is 2.94 bits per heavy atom. The van der Waals surface area contributed by atoms with Crippen molar-refractivity contribution in [1.82, 2.24) is 15.0 Å². The third-order valence-corrected chi connectivity index (χ3v) is 2.10. The molecule has 0 aliphatic carbocycles. The van der Waals surface area contributed by atoms with Crippen LogP contribution in [0.5, 0.6) is 0 Å². The molecule has 0 unspecified atom stereocenters. The molecule has 0 N–H and O–H groups in total. The fourth-order valence-electron chi connectivity index (χ4n) is 1.40. The molecular weight excluding hydrogens is 209 g/mol. The highest BCUT2D eigenvalue weighted by Crippen LogP contribution is 2.21. The van der Waals surface area contributed by atoms with E-state index < -0.39 is 5.82 Å². The normalized spacial score (nSPS) is 10.8. The number of nitrogens with zero attached hydrogens (tertiary/aromatic N) is 3. The molecule has 0 fully saturated rings. The molecule has 0 aliphatic rings. The lowest BCUT2D eigenvalue weighted by Crippen LogP contribution is -1.80. The average Bonchev–Trinajstić information content (AvgIpc) is 2.73. The van der Waals surface area contributed by atoms with Crippen LogP contribution in [0.25, 0.3) is 22.8 Å². The number of pyridine rings is 2. The van der Waals surface area contributed by atoms with Gasteiger partial charge >= 0.3 is 0 Å². The largest absolute Gasteiger partial charge is 0.416 e. The van der Waals surface area contributed by atoms with E-state index in [1.165, 1.54) is 6.07 Å². The minimum Gasteiger partial charge on any atom is -0.416 e. The summed E-state index contributed by atoms with van der Waals surface area (Å²) in [4.78, 5) is 12.0. The van der Waals surface area contributed by atoms with Crippen molar-refractivity contribution in [3.63, 3.8) is 0 Å². The molecule has 0 aromatic carbocycles. The van der Waals surface area contributed by atoms with Gasteiger partial charge in [0.25, 0.3) is 0 Å². The fourth-order valence-corrected chi connectivity index (χ4v) is 1.40. The highest BCUT2D eigenvalue weighted by atomic mass is 19.1. The topological polar surface area (TPSA) is 51.8 Å². The highest BCUT2D eigenvalue weighted by molar-refractivity contribution is 5.71. The number of hydrogen-bond donors (Lipinski definition) is 0. The molecule has 0 spiro atoms. The van der Waals surface area contributed by atoms with Gasteiger partial charge in [-0.1, -0.05) is 6.07 Å². The Morgan fingerprint density at radius 1 is 1.19 bits per heavy atom. The minimum absolute atomic E-state index is 0.307. The van der Waals surface area contributed by atoms with E-state index in [9.17, 15) is 4.39 Å². The Labute approximate surface area is 89.8 Å². The first-order valence-corrected chi connectivity index (χ1v) is 4.66. The molecule has 16 heavy (non-hydrogen) atoms. The maximum Gasteiger partial charge on any atom is 0.248 e. The van der Waals surface area contributed by atoms with E-state index in [1.54, 1.807) is 18.3 Å². The van der Waals surface area contributed by atoms with Crippen LogP contribution in [0.3, 0.4) is 0 Å². The molecule has 0 saturated carbocycles. The Hall–Kier alpha value is -2.30. The lowest BCUT2D eigenvalue weighted by atomic mass is 10.3. The Kier molecular flexibility index (Phi) is 1.89. The predicted octanol–water partition coefficient (Wildman–Crippen LogP) is 2.42. The van der Waals surface area contributed by atoms with Crippen LogP contribution in [0.2, 0.25) is 0 Å². The van der Waals surface area contributed by atoms with Crippen LogP contribution in [0, 0.1) is 5.82 Å². The van der Waals surface area contributed by atoms with E-state index in [0.717, 1.165) is 6.20 Å². The number of hydrogen-bond acceptors (Lipinski definition) is 4. The van der Waals surface area contributed by atoms with Gasteiger partial charge in [0.05, 0.1) is 6.20 Å². The second-order valence-electron chi connectivity index (χ2n) is 3.21. The van der Waals surface area contributed by atoms with Crippen molar-refractivity contribution in [1.29, 1.82) is 0 Å². The lowest BCUT2D eigenvalue weighted by Gasteiger charge is -1.90. The first kappa shape index (κ1) is 8.96. The van der Waals surface area contributed by atoms with Gasteiger partial charge in [0.1, 0.15) is 17.0 Å². The maximum atomic E-state index is 12.9. The third kappa shape index (κ3) is 1.42. The first-order valence-electron chi connectivity index (χ1n) is 4.66. The third-order valence-electron chi connectivity index (χ3n) is 2.10. The van der Waals surface area contributed by atoms with Gasteiger partial charge in [-0.2, -0.15) is 0 Å². The molecule has 0 aliphatic heterocycles. The summed E-state index contributed by atoms with van der Waals surface area (Å²) in [5.41, 5.74) is 1.30. The maximum absolute atomic E-state index is 12.9. The summed E-state index contributed by atoms with van der Waals surface area (Å²) in [7, 11) is 0. The molecule has 0 saturated heterocycles. The Balaban J connectivity index is 2.19. The van der Waals surface area contributed by atoms with Crippen LogP contribution >= 0.6 is 0 Å². The monoisotopic (exact) mass is 215 g/mol. The molecule has 0 radical (unpaired) electrons. The predicted molar refractivity (Wildman–Crippen MR) is 55.0 cm³/mol. The Morgan fingerprint density at radius 2 is 2.12 bits per heavy atom. The summed E-state index contributed by atoms with van der Waals surface area (Å²) >= 11 is 0. The number of fused-ring (bicyclic) bond motifs is 1. The van der Waals surface area contributed by atoms with Crippen molar-refractivity contribution in [2.75, 3.05) is 0 Å². The van der Waals surface area contributed by atoms with E-state index in [-0.39, 0.29) is 0 Å². The van der Waals surface area contributed by atoms with E-state index in [0.29, 0.717) is 22.8 Å². The van der Waals surface area contributed by atoms with Gasteiger partial charge in [-0.25, -0.2) is 14.4 Å². The zero-order chi connectivity index (χ0) is 11.0. The second kappa shape index (κ2) is 3.37. The molecule has 78 valence electrons. The van der Waals surface area contributed by atoms with Gasteiger partial charge in [-0.05, 0) is 12.1 Å². The molecule has 3 aromatic rings. The molecule has 4 nitrogen and oxygen atoms in total. The fraction of sp³-hybridized carbons (Fsp3) is 0. The van der Waals surface area contributed by atoms with Gasteiger partial charge in [-0.3, -0.25) is 4.98 Å². The van der Waals surface area contributed by atoms with Crippen LogP contribution < -0.4 is 0 Å². The highest BCUT2D eigenvalue weighted by Gasteiger charge is 2.10. The van der Waals surface area contributed by atoms with Crippen LogP contribution in [-0.2, 0) is 0 Å². The van der Waals surface area contributed by atoms with Gasteiger partial charge in [-0.15, -0.1) is 0 Å². The molecule has 0 bridgehead atoms. The summed E-state index contributed by atoms with van der Waals surface area (Å²) in [5.74, 6) is -0.0953. The van der Waals surface area contributed by atoms with Crippen molar-refractivity contribution >= 4 is 11.2 Å². The van der Waals surface area contributed by atoms with E-state index >= 15 is 0 Å².